The molecule has 0 unspecified atom stereocenters. The Labute approximate surface area is 167 Å². The zero-order valence-corrected chi connectivity index (χ0v) is 17.9. The quantitative estimate of drug-likeness (QED) is 0.861. The minimum Gasteiger partial charge on any atom is -0.369 e. The molecule has 1 fully saturated rings. The topological polar surface area (TPSA) is 61.6 Å². The Hall–Kier alpha value is -2.34. The summed E-state index contributed by atoms with van der Waals surface area (Å²) in [5.74, 6) is 0.365. The molecule has 1 amide bonds. The highest BCUT2D eigenvalue weighted by Crippen LogP contribution is 2.28. The maximum Gasteiger partial charge on any atom is 0.261 e. The van der Waals surface area contributed by atoms with E-state index in [1.54, 1.807) is 6.92 Å². The highest BCUT2D eigenvalue weighted by Gasteiger charge is 2.29. The van der Waals surface area contributed by atoms with E-state index in [0.717, 1.165) is 31.9 Å². The van der Waals surface area contributed by atoms with Crippen molar-refractivity contribution in [1.82, 2.24) is 10.1 Å². The first-order chi connectivity index (χ1) is 13.2. The maximum atomic E-state index is 12.8. The molecule has 0 spiro atoms. The first kappa shape index (κ1) is 20.4. The van der Waals surface area contributed by atoms with Gasteiger partial charge >= 0.3 is 0 Å². The lowest BCUT2D eigenvalue weighted by Crippen LogP contribution is -2.48. The smallest absolute Gasteiger partial charge is 0.261 e. The first-order valence-electron chi connectivity index (χ1n) is 10.0. The van der Waals surface area contributed by atoms with Crippen LogP contribution in [0.2, 0.25) is 0 Å². The van der Waals surface area contributed by atoms with E-state index in [2.05, 4.69) is 46.3 Å². The average Bonchev–Trinajstić information content (AvgIpc) is 3.04. The van der Waals surface area contributed by atoms with Crippen molar-refractivity contribution in [3.05, 3.63) is 41.3 Å². The summed E-state index contributed by atoms with van der Waals surface area (Å²) in [5, 5.41) is 7.08. The number of hydrogen-bond donors (Lipinski definition) is 1. The van der Waals surface area contributed by atoms with Crippen molar-refractivity contribution in [2.24, 2.45) is 0 Å². The molecule has 0 radical (unpaired) electrons. The number of nitrogens with one attached hydrogen (secondary N) is 1. The van der Waals surface area contributed by atoms with Gasteiger partial charge in [-0.1, -0.05) is 25.9 Å². The molecule has 1 N–H and O–H groups in total. The predicted molar refractivity (Wildman–Crippen MR) is 113 cm³/mol. The van der Waals surface area contributed by atoms with Gasteiger partial charge in [0.05, 0.1) is 0 Å². The molecular formula is C22H32N4O2. The van der Waals surface area contributed by atoms with E-state index in [1.165, 1.54) is 5.69 Å². The van der Waals surface area contributed by atoms with E-state index >= 15 is 0 Å². The molecule has 28 heavy (non-hydrogen) atoms. The molecule has 1 aliphatic rings. The lowest BCUT2D eigenvalue weighted by Gasteiger charge is -2.38. The fourth-order valence-electron chi connectivity index (χ4n) is 3.60. The summed E-state index contributed by atoms with van der Waals surface area (Å²) in [4.78, 5) is 17.7. The van der Waals surface area contributed by atoms with Gasteiger partial charge in [0.1, 0.15) is 17.0 Å². The number of piperazine rings is 1. The van der Waals surface area contributed by atoms with Crippen LogP contribution >= 0.6 is 0 Å². The van der Waals surface area contributed by atoms with Gasteiger partial charge in [0.15, 0.2) is 0 Å². The van der Waals surface area contributed by atoms with Gasteiger partial charge < -0.3 is 14.7 Å². The van der Waals surface area contributed by atoms with E-state index in [1.807, 2.05) is 32.9 Å². The van der Waals surface area contributed by atoms with Crippen LogP contribution in [-0.2, 0) is 5.41 Å². The second kappa shape index (κ2) is 7.95. The highest BCUT2D eigenvalue weighted by atomic mass is 16.5. The fourth-order valence-corrected chi connectivity index (χ4v) is 3.60. The van der Waals surface area contributed by atoms with E-state index in [-0.39, 0.29) is 11.3 Å². The molecule has 6 nitrogen and oxygen atoms in total. The van der Waals surface area contributed by atoms with Crippen molar-refractivity contribution in [3.8, 4) is 0 Å². The monoisotopic (exact) mass is 384 g/mol. The number of rotatable bonds is 4. The van der Waals surface area contributed by atoms with Crippen molar-refractivity contribution >= 4 is 17.3 Å². The van der Waals surface area contributed by atoms with Gasteiger partial charge in [-0.05, 0) is 45.0 Å². The summed E-state index contributed by atoms with van der Waals surface area (Å²) < 4.78 is 5.28. The number of aromatic nitrogens is 1. The molecule has 1 aromatic carbocycles. The minimum absolute atomic E-state index is 0.179. The number of hydrogen-bond acceptors (Lipinski definition) is 5. The van der Waals surface area contributed by atoms with Crippen LogP contribution in [0.1, 0.15) is 56.4 Å². The summed E-state index contributed by atoms with van der Waals surface area (Å²) >= 11 is 0. The average molecular weight is 385 g/mol. The Morgan fingerprint density at radius 2 is 1.71 bits per heavy atom. The van der Waals surface area contributed by atoms with Crippen molar-refractivity contribution in [2.75, 3.05) is 36.4 Å². The van der Waals surface area contributed by atoms with Crippen molar-refractivity contribution in [3.63, 3.8) is 0 Å². The van der Waals surface area contributed by atoms with Gasteiger partial charge in [0.2, 0.25) is 0 Å². The summed E-state index contributed by atoms with van der Waals surface area (Å²) in [6.45, 7) is 16.6. The van der Waals surface area contributed by atoms with Crippen molar-refractivity contribution < 1.29 is 9.32 Å². The van der Waals surface area contributed by atoms with Crippen LogP contribution in [0.5, 0.6) is 0 Å². The second-order valence-corrected chi connectivity index (χ2v) is 8.83. The Morgan fingerprint density at radius 3 is 2.25 bits per heavy atom. The third-order valence-electron chi connectivity index (χ3n) is 5.34. The summed E-state index contributed by atoms with van der Waals surface area (Å²) in [6.07, 6.45) is 0. The summed E-state index contributed by atoms with van der Waals surface area (Å²) in [7, 11) is 0. The van der Waals surface area contributed by atoms with Gasteiger partial charge in [-0.25, -0.2) is 0 Å². The standard InChI is InChI=1S/C22H32N4O2/c1-15(2)25-11-13-26(14-12-25)18-9-7-17(8-10-18)23-21(27)19-16(3)28-24-20(19)22(4,5)6/h7-10,15H,11-14H2,1-6H3,(H,23,27). The lowest BCUT2D eigenvalue weighted by atomic mass is 9.88. The Balaban J connectivity index is 1.67. The molecule has 1 saturated heterocycles. The maximum absolute atomic E-state index is 12.8. The van der Waals surface area contributed by atoms with Crippen LogP contribution < -0.4 is 10.2 Å². The fraction of sp³-hybridized carbons (Fsp3) is 0.545. The zero-order valence-electron chi connectivity index (χ0n) is 17.9. The third-order valence-corrected chi connectivity index (χ3v) is 5.34. The van der Waals surface area contributed by atoms with E-state index < -0.39 is 0 Å². The van der Waals surface area contributed by atoms with Gasteiger partial charge in [0.25, 0.3) is 5.91 Å². The van der Waals surface area contributed by atoms with Crippen molar-refractivity contribution in [2.45, 2.75) is 53.0 Å². The van der Waals surface area contributed by atoms with Crippen LogP contribution in [0, 0.1) is 6.92 Å². The normalized spacial score (nSPS) is 15.9. The van der Waals surface area contributed by atoms with Crippen LogP contribution in [0.3, 0.4) is 0 Å². The first-order valence-corrected chi connectivity index (χ1v) is 10.0. The van der Waals surface area contributed by atoms with E-state index in [0.29, 0.717) is 23.1 Å². The number of carbonyl (C=O) groups excluding carboxylic acids is 1. The zero-order chi connectivity index (χ0) is 20.5. The van der Waals surface area contributed by atoms with Crippen LogP contribution in [0.25, 0.3) is 0 Å². The summed E-state index contributed by atoms with van der Waals surface area (Å²) in [5.41, 5.74) is 2.92. The van der Waals surface area contributed by atoms with Gasteiger partial charge in [-0.3, -0.25) is 9.69 Å². The number of anilines is 2. The Morgan fingerprint density at radius 1 is 1.11 bits per heavy atom. The molecule has 6 heteroatoms. The van der Waals surface area contributed by atoms with Crippen LogP contribution in [0.4, 0.5) is 11.4 Å². The number of carbonyl (C=O) groups is 1. The second-order valence-electron chi connectivity index (χ2n) is 8.83. The largest absolute Gasteiger partial charge is 0.369 e. The molecule has 3 rings (SSSR count). The SMILES string of the molecule is Cc1onc(C(C)(C)C)c1C(=O)Nc1ccc(N2CCN(C(C)C)CC2)cc1. The van der Waals surface area contributed by atoms with Crippen LogP contribution in [-0.4, -0.2) is 48.2 Å². The molecule has 1 aliphatic heterocycles. The van der Waals surface area contributed by atoms with E-state index in [9.17, 15) is 4.79 Å². The molecular weight excluding hydrogens is 352 g/mol. The molecule has 0 saturated carbocycles. The Bertz CT molecular complexity index is 810. The van der Waals surface area contributed by atoms with Gasteiger partial charge in [0, 0.05) is 49.0 Å². The van der Waals surface area contributed by atoms with Gasteiger partial charge in [-0.2, -0.15) is 0 Å². The van der Waals surface area contributed by atoms with Crippen molar-refractivity contribution in [1.29, 1.82) is 0 Å². The Kier molecular flexibility index (Phi) is 5.79. The lowest BCUT2D eigenvalue weighted by molar-refractivity contribution is 0.102. The molecule has 1 aromatic heterocycles. The number of amides is 1. The third kappa shape index (κ3) is 4.38. The minimum atomic E-state index is -0.258. The molecule has 0 bridgehead atoms. The molecule has 0 aliphatic carbocycles. The predicted octanol–water partition coefficient (Wildman–Crippen LogP) is 4.06. The number of benzene rings is 1. The molecule has 0 atom stereocenters. The molecule has 2 heterocycles. The summed E-state index contributed by atoms with van der Waals surface area (Å²) in [6, 6.07) is 8.67. The number of aryl methyl sites for hydroxylation is 1. The van der Waals surface area contributed by atoms with Gasteiger partial charge in [-0.15, -0.1) is 0 Å². The highest BCUT2D eigenvalue weighted by molar-refractivity contribution is 6.06. The molecule has 2 aromatic rings. The molecule has 152 valence electrons. The van der Waals surface area contributed by atoms with E-state index in [4.69, 9.17) is 4.52 Å². The number of nitrogens with zero attached hydrogens (tertiary/aromatic N) is 3. The van der Waals surface area contributed by atoms with Crippen LogP contribution in [0.15, 0.2) is 28.8 Å².